The summed E-state index contributed by atoms with van der Waals surface area (Å²) in [6, 6.07) is 4.26. The van der Waals surface area contributed by atoms with Crippen molar-refractivity contribution in [3.05, 3.63) is 35.4 Å². The van der Waals surface area contributed by atoms with E-state index < -0.39 is 5.82 Å². The van der Waals surface area contributed by atoms with Gasteiger partial charge in [-0.1, -0.05) is 6.07 Å². The fraction of sp³-hybridized carbons (Fsp3) is 0.300. The molecule has 6 nitrogen and oxygen atoms in total. The summed E-state index contributed by atoms with van der Waals surface area (Å²) in [5.41, 5.74) is 0.493. The summed E-state index contributed by atoms with van der Waals surface area (Å²) in [4.78, 5) is 1.30. The average Bonchev–Trinajstić information content (AvgIpc) is 2.73. The fourth-order valence-corrected chi connectivity index (χ4v) is 1.28. The Morgan fingerprint density at radius 3 is 2.88 bits per heavy atom. The summed E-state index contributed by atoms with van der Waals surface area (Å²) in [6.45, 7) is -0.161. The highest BCUT2D eigenvalue weighted by Crippen LogP contribution is 2.19. The van der Waals surface area contributed by atoms with E-state index in [-0.39, 0.29) is 19.0 Å². The van der Waals surface area contributed by atoms with Gasteiger partial charge in [0.1, 0.15) is 0 Å². The van der Waals surface area contributed by atoms with E-state index in [0.717, 1.165) is 0 Å². The smallest absolute Gasteiger partial charge is 0.212 e. The SMILES string of the molecule is Cn1nnc(COc2ccc(CO)cc2F)n1. The van der Waals surface area contributed by atoms with Gasteiger partial charge in [0.05, 0.1) is 13.7 Å². The first-order valence-electron chi connectivity index (χ1n) is 4.94. The topological polar surface area (TPSA) is 73.1 Å². The predicted molar refractivity (Wildman–Crippen MR) is 55.5 cm³/mol. The molecular formula is C10H11FN4O2. The summed E-state index contributed by atoms with van der Waals surface area (Å²) >= 11 is 0. The first-order chi connectivity index (χ1) is 8.19. The number of aryl methyl sites for hydroxylation is 1. The lowest BCUT2D eigenvalue weighted by atomic mass is 10.2. The van der Waals surface area contributed by atoms with Crippen molar-refractivity contribution >= 4 is 0 Å². The number of aromatic nitrogens is 4. The molecule has 17 heavy (non-hydrogen) atoms. The minimum absolute atomic E-state index is 0.0449. The van der Waals surface area contributed by atoms with E-state index in [0.29, 0.717) is 11.4 Å². The number of aliphatic hydroxyl groups excluding tert-OH is 1. The molecule has 7 heteroatoms. The van der Waals surface area contributed by atoms with Crippen molar-refractivity contribution in [1.29, 1.82) is 0 Å². The second-order valence-corrected chi connectivity index (χ2v) is 3.41. The quantitative estimate of drug-likeness (QED) is 0.835. The van der Waals surface area contributed by atoms with Crippen LogP contribution in [0.2, 0.25) is 0 Å². The minimum Gasteiger partial charge on any atom is -0.482 e. The Bertz CT molecular complexity index is 515. The second kappa shape index (κ2) is 4.88. The monoisotopic (exact) mass is 238 g/mol. The van der Waals surface area contributed by atoms with Gasteiger partial charge in [-0.05, 0) is 22.9 Å². The summed E-state index contributed by atoms with van der Waals surface area (Å²) < 4.78 is 18.6. The van der Waals surface area contributed by atoms with Crippen molar-refractivity contribution in [2.24, 2.45) is 7.05 Å². The maximum atomic E-state index is 13.4. The van der Waals surface area contributed by atoms with Gasteiger partial charge in [-0.2, -0.15) is 4.80 Å². The molecule has 0 fully saturated rings. The maximum Gasteiger partial charge on any atom is 0.212 e. The molecule has 0 radical (unpaired) electrons. The second-order valence-electron chi connectivity index (χ2n) is 3.41. The lowest BCUT2D eigenvalue weighted by Crippen LogP contribution is -2.01. The molecule has 0 aliphatic carbocycles. The lowest BCUT2D eigenvalue weighted by Gasteiger charge is -2.05. The van der Waals surface area contributed by atoms with E-state index in [4.69, 9.17) is 9.84 Å². The molecule has 0 aliphatic heterocycles. The van der Waals surface area contributed by atoms with Crippen molar-refractivity contribution < 1.29 is 14.2 Å². The Labute approximate surface area is 96.6 Å². The van der Waals surface area contributed by atoms with Gasteiger partial charge in [0, 0.05) is 0 Å². The molecule has 90 valence electrons. The molecule has 0 amide bonds. The molecule has 0 aliphatic rings. The number of nitrogens with zero attached hydrogens (tertiary/aromatic N) is 4. The first-order valence-corrected chi connectivity index (χ1v) is 4.94. The normalized spacial score (nSPS) is 10.5. The Balaban J connectivity index is 2.04. The Kier molecular flexibility index (Phi) is 3.29. The Morgan fingerprint density at radius 2 is 2.29 bits per heavy atom. The lowest BCUT2D eigenvalue weighted by molar-refractivity contribution is 0.273. The highest BCUT2D eigenvalue weighted by molar-refractivity contribution is 5.28. The van der Waals surface area contributed by atoms with Crippen LogP contribution in [0.4, 0.5) is 4.39 Å². The molecular weight excluding hydrogens is 227 g/mol. The maximum absolute atomic E-state index is 13.4. The van der Waals surface area contributed by atoms with Gasteiger partial charge in [0.25, 0.3) is 0 Å². The number of hydrogen-bond donors (Lipinski definition) is 1. The minimum atomic E-state index is -0.527. The van der Waals surface area contributed by atoms with E-state index in [9.17, 15) is 4.39 Å². The Hall–Kier alpha value is -2.02. The number of ether oxygens (including phenoxy) is 1. The van der Waals surface area contributed by atoms with Crippen LogP contribution in [0.15, 0.2) is 18.2 Å². The van der Waals surface area contributed by atoms with Crippen molar-refractivity contribution in [2.75, 3.05) is 0 Å². The van der Waals surface area contributed by atoms with Crippen molar-refractivity contribution in [2.45, 2.75) is 13.2 Å². The van der Waals surface area contributed by atoms with Crippen LogP contribution >= 0.6 is 0 Å². The highest BCUT2D eigenvalue weighted by Gasteiger charge is 2.07. The third kappa shape index (κ3) is 2.76. The van der Waals surface area contributed by atoms with Crippen LogP contribution in [-0.4, -0.2) is 25.3 Å². The van der Waals surface area contributed by atoms with Crippen LogP contribution in [-0.2, 0) is 20.3 Å². The van der Waals surface area contributed by atoms with Gasteiger partial charge in [-0.15, -0.1) is 10.2 Å². The zero-order valence-electron chi connectivity index (χ0n) is 9.17. The van der Waals surface area contributed by atoms with E-state index in [1.807, 2.05) is 0 Å². The van der Waals surface area contributed by atoms with Crippen molar-refractivity contribution in [3.63, 3.8) is 0 Å². The van der Waals surface area contributed by atoms with Gasteiger partial charge in [-0.25, -0.2) is 4.39 Å². The number of rotatable bonds is 4. The fourth-order valence-electron chi connectivity index (χ4n) is 1.28. The number of aliphatic hydroxyl groups is 1. The summed E-state index contributed by atoms with van der Waals surface area (Å²) in [5.74, 6) is -0.0618. The summed E-state index contributed by atoms with van der Waals surface area (Å²) in [7, 11) is 1.63. The molecule has 2 rings (SSSR count). The number of hydrogen-bond acceptors (Lipinski definition) is 5. The van der Waals surface area contributed by atoms with Crippen molar-refractivity contribution in [1.82, 2.24) is 20.2 Å². The molecule has 1 aromatic heterocycles. The van der Waals surface area contributed by atoms with Crippen LogP contribution < -0.4 is 4.74 Å². The van der Waals surface area contributed by atoms with Gasteiger partial charge in [0.15, 0.2) is 18.2 Å². The zero-order valence-corrected chi connectivity index (χ0v) is 9.17. The third-order valence-electron chi connectivity index (χ3n) is 2.09. The van der Waals surface area contributed by atoms with Crippen molar-refractivity contribution in [3.8, 4) is 5.75 Å². The van der Waals surface area contributed by atoms with Crippen LogP contribution in [0, 0.1) is 5.82 Å². The molecule has 0 saturated carbocycles. The Morgan fingerprint density at radius 1 is 1.47 bits per heavy atom. The molecule has 2 aromatic rings. The molecule has 0 saturated heterocycles. The molecule has 1 N–H and O–H groups in total. The highest BCUT2D eigenvalue weighted by atomic mass is 19.1. The van der Waals surface area contributed by atoms with Crippen LogP contribution in [0.25, 0.3) is 0 Å². The van der Waals surface area contributed by atoms with Gasteiger partial charge in [-0.3, -0.25) is 0 Å². The predicted octanol–water partition coefficient (Wildman–Crippen LogP) is 0.420. The summed E-state index contributed by atoms with van der Waals surface area (Å²) in [5, 5.41) is 20.1. The molecule has 0 unspecified atom stereocenters. The number of tetrazole rings is 1. The number of halogens is 1. The van der Waals surface area contributed by atoms with Gasteiger partial charge >= 0.3 is 0 Å². The number of benzene rings is 1. The van der Waals surface area contributed by atoms with Crippen LogP contribution in [0.3, 0.4) is 0 Å². The van der Waals surface area contributed by atoms with E-state index in [2.05, 4.69) is 15.4 Å². The standard InChI is InChI=1S/C10H11FN4O2/c1-15-13-10(12-14-15)6-17-9-3-2-7(5-16)4-8(9)11/h2-4,16H,5-6H2,1H3. The molecule has 0 atom stereocenters. The van der Waals surface area contributed by atoms with E-state index in [1.54, 1.807) is 13.1 Å². The third-order valence-corrected chi connectivity index (χ3v) is 2.09. The molecule has 0 bridgehead atoms. The zero-order chi connectivity index (χ0) is 12.3. The molecule has 1 heterocycles. The largest absolute Gasteiger partial charge is 0.482 e. The van der Waals surface area contributed by atoms with Gasteiger partial charge in [0.2, 0.25) is 5.82 Å². The molecule has 0 spiro atoms. The van der Waals surface area contributed by atoms with Crippen LogP contribution in [0.5, 0.6) is 5.75 Å². The van der Waals surface area contributed by atoms with Crippen LogP contribution in [0.1, 0.15) is 11.4 Å². The first kappa shape index (κ1) is 11.5. The molecule has 1 aromatic carbocycles. The van der Waals surface area contributed by atoms with E-state index >= 15 is 0 Å². The van der Waals surface area contributed by atoms with E-state index in [1.165, 1.54) is 16.9 Å². The summed E-state index contributed by atoms with van der Waals surface area (Å²) in [6.07, 6.45) is 0. The van der Waals surface area contributed by atoms with Gasteiger partial charge < -0.3 is 9.84 Å². The average molecular weight is 238 g/mol.